The molecule has 5 aromatic rings. The van der Waals surface area contributed by atoms with E-state index in [0.717, 1.165) is 5.75 Å². The molecular formula is C33H27ClS. The second-order valence-electron chi connectivity index (χ2n) is 9.65. The fourth-order valence-electron chi connectivity index (χ4n) is 5.46. The Morgan fingerprint density at radius 3 is 2.00 bits per heavy atom. The fourth-order valence-corrected chi connectivity index (χ4v) is 6.71. The zero-order valence-corrected chi connectivity index (χ0v) is 21.5. The number of rotatable bonds is 5. The molecule has 172 valence electrons. The van der Waals surface area contributed by atoms with E-state index in [0.29, 0.717) is 0 Å². The zero-order valence-electron chi connectivity index (χ0n) is 20.0. The summed E-state index contributed by atoms with van der Waals surface area (Å²) in [4.78, 5) is 0.725. The van der Waals surface area contributed by atoms with E-state index in [4.69, 9.17) is 11.6 Å². The molecule has 0 nitrogen and oxygen atoms in total. The molecule has 0 spiro atoms. The second kappa shape index (κ2) is 8.90. The van der Waals surface area contributed by atoms with Crippen molar-refractivity contribution in [3.8, 4) is 11.1 Å². The lowest BCUT2D eigenvalue weighted by atomic mass is 9.80. The molecule has 5 aromatic carbocycles. The molecular weight excluding hydrogens is 464 g/mol. The van der Waals surface area contributed by atoms with Crippen LogP contribution in [0.1, 0.15) is 40.7 Å². The van der Waals surface area contributed by atoms with Crippen LogP contribution in [0.3, 0.4) is 0 Å². The van der Waals surface area contributed by atoms with Gasteiger partial charge in [-0.05, 0) is 70.1 Å². The van der Waals surface area contributed by atoms with Crippen LogP contribution < -0.4 is 0 Å². The van der Waals surface area contributed by atoms with Crippen LogP contribution in [0.2, 0.25) is 0 Å². The summed E-state index contributed by atoms with van der Waals surface area (Å²) < 4.78 is 0. The topological polar surface area (TPSA) is 0 Å². The van der Waals surface area contributed by atoms with Crippen LogP contribution in [-0.2, 0) is 4.87 Å². The summed E-state index contributed by atoms with van der Waals surface area (Å²) in [5, 5.41) is 2.54. The van der Waals surface area contributed by atoms with E-state index in [1.165, 1.54) is 54.6 Å². The Morgan fingerprint density at radius 1 is 0.714 bits per heavy atom. The highest BCUT2D eigenvalue weighted by Gasteiger charge is 2.36. The van der Waals surface area contributed by atoms with Gasteiger partial charge in [-0.3, -0.25) is 0 Å². The summed E-state index contributed by atoms with van der Waals surface area (Å²) in [7, 11) is 0. The minimum atomic E-state index is -0.526. The molecule has 6 rings (SSSR count). The number of hydrogen-bond acceptors (Lipinski definition) is 1. The summed E-state index contributed by atoms with van der Waals surface area (Å²) in [6, 6.07) is 39.7. The summed E-state index contributed by atoms with van der Waals surface area (Å²) in [6.07, 6.45) is 0. The Bertz CT molecular complexity index is 1490. The molecule has 1 aliphatic rings. The highest BCUT2D eigenvalue weighted by Crippen LogP contribution is 2.52. The Labute approximate surface area is 217 Å². The van der Waals surface area contributed by atoms with Gasteiger partial charge in [0.2, 0.25) is 0 Å². The zero-order chi connectivity index (χ0) is 24.0. The third-order valence-electron chi connectivity index (χ3n) is 7.19. The SMILES string of the molecule is Cc1ccc(SCC(C)(Cl)c2ccc3ccccc3c2C2c3ccccc3-c3ccccc32)cc1. The van der Waals surface area contributed by atoms with Gasteiger partial charge in [-0.25, -0.2) is 0 Å². The van der Waals surface area contributed by atoms with E-state index in [9.17, 15) is 0 Å². The fraction of sp³-hybridized carbons (Fsp3) is 0.152. The van der Waals surface area contributed by atoms with Gasteiger partial charge in [0.05, 0.1) is 4.87 Å². The Kier molecular flexibility index (Phi) is 5.71. The van der Waals surface area contributed by atoms with Crippen molar-refractivity contribution in [2.24, 2.45) is 0 Å². The first-order chi connectivity index (χ1) is 17.0. The van der Waals surface area contributed by atoms with Crippen molar-refractivity contribution >= 4 is 34.1 Å². The number of hydrogen-bond donors (Lipinski definition) is 0. The van der Waals surface area contributed by atoms with Crippen LogP contribution in [0.5, 0.6) is 0 Å². The minimum absolute atomic E-state index is 0.158. The van der Waals surface area contributed by atoms with E-state index in [1.807, 2.05) is 11.8 Å². The largest absolute Gasteiger partial charge is 0.124 e. The average molecular weight is 491 g/mol. The van der Waals surface area contributed by atoms with Gasteiger partial charge in [0.1, 0.15) is 0 Å². The molecule has 0 aromatic heterocycles. The van der Waals surface area contributed by atoms with Crippen LogP contribution >= 0.6 is 23.4 Å². The number of aryl methyl sites for hydroxylation is 1. The van der Waals surface area contributed by atoms with Crippen molar-refractivity contribution in [3.63, 3.8) is 0 Å². The summed E-state index contributed by atoms with van der Waals surface area (Å²) in [5.74, 6) is 0.949. The van der Waals surface area contributed by atoms with E-state index in [-0.39, 0.29) is 5.92 Å². The molecule has 1 unspecified atom stereocenters. The van der Waals surface area contributed by atoms with Crippen molar-refractivity contribution in [2.75, 3.05) is 5.75 Å². The predicted molar refractivity (Wildman–Crippen MR) is 152 cm³/mol. The molecule has 2 heteroatoms. The standard InChI is InChI=1S/C33H27ClS/c1-22-15-18-24(19-16-22)35-21-33(2,34)30-20-17-23-9-3-4-10-25(23)32(30)31-28-13-7-5-11-26(28)27-12-6-8-14-29(27)31/h3-20,31H,21H2,1-2H3. The van der Waals surface area contributed by atoms with Gasteiger partial charge in [-0.1, -0.05) is 103 Å². The molecule has 0 aliphatic heterocycles. The monoisotopic (exact) mass is 490 g/mol. The summed E-state index contributed by atoms with van der Waals surface area (Å²) in [6.45, 7) is 4.30. The van der Waals surface area contributed by atoms with E-state index < -0.39 is 4.87 Å². The maximum Gasteiger partial charge on any atom is 0.0763 e. The van der Waals surface area contributed by atoms with Gasteiger partial charge >= 0.3 is 0 Å². The molecule has 0 fully saturated rings. The van der Waals surface area contributed by atoms with Gasteiger partial charge in [0.15, 0.2) is 0 Å². The van der Waals surface area contributed by atoms with E-state index >= 15 is 0 Å². The predicted octanol–water partition coefficient (Wildman–Crippen LogP) is 9.56. The number of halogens is 1. The third kappa shape index (κ3) is 3.97. The molecule has 1 aliphatic carbocycles. The van der Waals surface area contributed by atoms with Gasteiger partial charge in [0.25, 0.3) is 0 Å². The molecule has 0 saturated carbocycles. The summed E-state index contributed by atoms with van der Waals surface area (Å²) in [5.41, 5.74) is 9.22. The first-order valence-corrected chi connectivity index (χ1v) is 13.5. The normalized spacial score (nSPS) is 14.5. The molecule has 0 heterocycles. The van der Waals surface area contributed by atoms with Crippen molar-refractivity contribution in [3.05, 3.63) is 137 Å². The Balaban J connectivity index is 1.53. The maximum absolute atomic E-state index is 7.46. The molecule has 0 bridgehead atoms. The van der Waals surface area contributed by atoms with E-state index in [2.05, 4.69) is 123 Å². The number of thioether (sulfide) groups is 1. The van der Waals surface area contributed by atoms with E-state index in [1.54, 1.807) is 0 Å². The van der Waals surface area contributed by atoms with Crippen LogP contribution in [-0.4, -0.2) is 5.75 Å². The number of benzene rings is 5. The van der Waals surface area contributed by atoms with Gasteiger partial charge in [0, 0.05) is 16.6 Å². The van der Waals surface area contributed by atoms with Gasteiger partial charge < -0.3 is 0 Å². The molecule has 0 N–H and O–H groups in total. The Hall–Kier alpha value is -3.00. The maximum atomic E-state index is 7.46. The van der Waals surface area contributed by atoms with Crippen LogP contribution in [0, 0.1) is 6.92 Å². The van der Waals surface area contributed by atoms with Crippen LogP contribution in [0.4, 0.5) is 0 Å². The lowest BCUT2D eigenvalue weighted by Crippen LogP contribution is -2.21. The molecule has 1 atom stereocenters. The Morgan fingerprint density at radius 2 is 1.31 bits per heavy atom. The second-order valence-corrected chi connectivity index (χ2v) is 11.5. The molecule has 35 heavy (non-hydrogen) atoms. The van der Waals surface area contributed by atoms with Gasteiger partial charge in [-0.2, -0.15) is 0 Å². The van der Waals surface area contributed by atoms with Crippen molar-refractivity contribution in [1.82, 2.24) is 0 Å². The van der Waals surface area contributed by atoms with Crippen molar-refractivity contribution < 1.29 is 0 Å². The first-order valence-electron chi connectivity index (χ1n) is 12.1. The highest BCUT2D eigenvalue weighted by molar-refractivity contribution is 7.99. The molecule has 0 amide bonds. The molecule has 0 saturated heterocycles. The number of fused-ring (bicyclic) bond motifs is 4. The third-order valence-corrected chi connectivity index (χ3v) is 9.01. The first kappa shape index (κ1) is 22.5. The highest BCUT2D eigenvalue weighted by atomic mass is 35.5. The van der Waals surface area contributed by atoms with Crippen LogP contribution in [0.25, 0.3) is 21.9 Å². The van der Waals surface area contributed by atoms with Crippen molar-refractivity contribution in [2.45, 2.75) is 29.5 Å². The van der Waals surface area contributed by atoms with Gasteiger partial charge in [-0.15, -0.1) is 23.4 Å². The van der Waals surface area contributed by atoms with Crippen LogP contribution in [0.15, 0.2) is 114 Å². The quantitative estimate of drug-likeness (QED) is 0.171. The average Bonchev–Trinajstić information content (AvgIpc) is 3.22. The molecule has 0 radical (unpaired) electrons. The smallest absolute Gasteiger partial charge is 0.0763 e. The lowest BCUT2D eigenvalue weighted by molar-refractivity contribution is 0.761. The number of alkyl halides is 1. The lowest BCUT2D eigenvalue weighted by Gasteiger charge is -2.29. The minimum Gasteiger partial charge on any atom is -0.124 e. The van der Waals surface area contributed by atoms with Crippen molar-refractivity contribution in [1.29, 1.82) is 0 Å². The summed E-state index contributed by atoms with van der Waals surface area (Å²) >= 11 is 9.29.